The Bertz CT molecular complexity index is 939. The fourth-order valence-corrected chi connectivity index (χ4v) is 2.07. The molecule has 0 unspecified atom stereocenters. The lowest BCUT2D eigenvalue weighted by molar-refractivity contribution is -0.132. The van der Waals surface area contributed by atoms with Crippen LogP contribution in [-0.2, 0) is 9.59 Å². The van der Waals surface area contributed by atoms with Crippen LogP contribution in [0.25, 0.3) is 11.0 Å². The van der Waals surface area contributed by atoms with Crippen LogP contribution in [0, 0.1) is 11.3 Å². The summed E-state index contributed by atoms with van der Waals surface area (Å²) in [6.07, 6.45) is 1.54. The fourth-order valence-electron chi connectivity index (χ4n) is 2.07. The Hall–Kier alpha value is -3.66. The van der Waals surface area contributed by atoms with E-state index >= 15 is 0 Å². The molecule has 0 aliphatic rings. The lowest BCUT2D eigenvalue weighted by Gasteiger charge is -2.07. The van der Waals surface area contributed by atoms with Crippen molar-refractivity contribution in [2.24, 2.45) is 0 Å². The summed E-state index contributed by atoms with van der Waals surface area (Å²) in [4.78, 5) is 30.9. The summed E-state index contributed by atoms with van der Waals surface area (Å²) < 4.78 is 0. The van der Waals surface area contributed by atoms with Crippen molar-refractivity contribution in [1.29, 1.82) is 5.26 Å². The number of fused-ring (bicyclic) bond motifs is 1. The summed E-state index contributed by atoms with van der Waals surface area (Å²) in [7, 11) is 0. The summed E-state index contributed by atoms with van der Waals surface area (Å²) in [6.45, 7) is 0. The number of hydrogen-bond donors (Lipinski definition) is 3. The summed E-state index contributed by atoms with van der Waals surface area (Å²) in [6, 6.07) is 13.5. The smallest absolute Gasteiger partial charge is 0.314 e. The molecule has 0 saturated carbocycles. The van der Waals surface area contributed by atoms with Gasteiger partial charge in [0.2, 0.25) is 0 Å². The normalized spacial score (nSPS) is 10.0. The Morgan fingerprint density at radius 3 is 2.70 bits per heavy atom. The first-order chi connectivity index (χ1) is 11.2. The number of hydrogen-bond acceptors (Lipinski definition) is 4. The highest BCUT2D eigenvalue weighted by Crippen LogP contribution is 2.16. The molecule has 0 aliphatic heterocycles. The van der Waals surface area contributed by atoms with Crippen molar-refractivity contribution in [3.63, 3.8) is 0 Å². The van der Waals surface area contributed by atoms with Crippen molar-refractivity contribution < 1.29 is 9.59 Å². The van der Waals surface area contributed by atoms with Crippen molar-refractivity contribution in [1.82, 2.24) is 9.97 Å². The van der Waals surface area contributed by atoms with Crippen LogP contribution in [-0.4, -0.2) is 21.8 Å². The molecular weight excluding hydrogens is 294 g/mol. The number of aromatic amines is 1. The third-order valence-corrected chi connectivity index (χ3v) is 3.18. The molecule has 0 atom stereocenters. The van der Waals surface area contributed by atoms with E-state index in [9.17, 15) is 9.59 Å². The molecule has 0 bridgehead atoms. The monoisotopic (exact) mass is 305 g/mol. The molecule has 0 spiro atoms. The molecule has 7 heteroatoms. The maximum atomic E-state index is 12.0. The molecule has 0 saturated heterocycles. The number of carbonyl (C=O) groups is 2. The van der Waals surface area contributed by atoms with Gasteiger partial charge in [-0.3, -0.25) is 9.59 Å². The van der Waals surface area contributed by atoms with Crippen LogP contribution in [0.5, 0.6) is 0 Å². The first-order valence-corrected chi connectivity index (χ1v) is 6.72. The highest BCUT2D eigenvalue weighted by molar-refractivity contribution is 6.43. The molecule has 3 N–H and O–H groups in total. The Morgan fingerprint density at radius 1 is 1.09 bits per heavy atom. The molecule has 0 radical (unpaired) electrons. The zero-order valence-corrected chi connectivity index (χ0v) is 11.8. The van der Waals surface area contributed by atoms with E-state index in [0.29, 0.717) is 11.4 Å². The first kappa shape index (κ1) is 14.3. The van der Waals surface area contributed by atoms with Gasteiger partial charge in [0.25, 0.3) is 0 Å². The highest BCUT2D eigenvalue weighted by atomic mass is 16.2. The molecule has 112 valence electrons. The van der Waals surface area contributed by atoms with Gasteiger partial charge in [-0.25, -0.2) is 4.98 Å². The average Bonchev–Trinajstić information content (AvgIpc) is 3.03. The molecule has 0 fully saturated rings. The number of benzene rings is 2. The first-order valence-electron chi connectivity index (χ1n) is 6.72. The van der Waals surface area contributed by atoms with E-state index in [1.165, 1.54) is 0 Å². The van der Waals surface area contributed by atoms with Crippen LogP contribution in [0.3, 0.4) is 0 Å². The Morgan fingerprint density at radius 2 is 1.87 bits per heavy atom. The molecule has 0 aliphatic carbocycles. The quantitative estimate of drug-likeness (QED) is 0.629. The molecule has 2 amide bonds. The second kappa shape index (κ2) is 5.99. The minimum atomic E-state index is -0.850. The number of rotatable bonds is 2. The summed E-state index contributed by atoms with van der Waals surface area (Å²) in [5, 5.41) is 13.9. The maximum absolute atomic E-state index is 12.0. The van der Waals surface area contributed by atoms with Gasteiger partial charge in [0.05, 0.1) is 28.6 Å². The number of aromatic nitrogens is 2. The highest BCUT2D eigenvalue weighted by Gasteiger charge is 2.15. The number of nitrogens with zero attached hydrogens (tertiary/aromatic N) is 2. The van der Waals surface area contributed by atoms with Gasteiger partial charge in [0, 0.05) is 5.69 Å². The lowest BCUT2D eigenvalue weighted by atomic mass is 10.2. The molecule has 1 heterocycles. The predicted molar refractivity (Wildman–Crippen MR) is 84.5 cm³/mol. The number of nitrogens with one attached hydrogen (secondary N) is 3. The van der Waals surface area contributed by atoms with Gasteiger partial charge in [-0.2, -0.15) is 5.26 Å². The molecule has 3 rings (SSSR count). The van der Waals surface area contributed by atoms with Crippen LogP contribution in [0.2, 0.25) is 0 Å². The Balaban J connectivity index is 1.72. The van der Waals surface area contributed by atoms with E-state index in [1.54, 1.807) is 48.8 Å². The summed E-state index contributed by atoms with van der Waals surface area (Å²) >= 11 is 0. The molecule has 2 aromatic carbocycles. The number of H-pyrrole nitrogens is 1. The van der Waals surface area contributed by atoms with E-state index in [1.807, 2.05) is 6.07 Å². The van der Waals surface area contributed by atoms with Gasteiger partial charge in [0.15, 0.2) is 0 Å². The van der Waals surface area contributed by atoms with Crippen LogP contribution in [0.4, 0.5) is 11.4 Å². The zero-order chi connectivity index (χ0) is 16.2. The minimum Gasteiger partial charge on any atom is -0.345 e. The lowest BCUT2D eigenvalue weighted by Crippen LogP contribution is -2.29. The number of carbonyl (C=O) groups excluding carboxylic acids is 2. The molecule has 3 aromatic rings. The van der Waals surface area contributed by atoms with Crippen LogP contribution < -0.4 is 10.6 Å². The van der Waals surface area contributed by atoms with Gasteiger partial charge in [0.1, 0.15) is 6.07 Å². The van der Waals surface area contributed by atoms with Crippen molar-refractivity contribution in [3.8, 4) is 6.07 Å². The standard InChI is InChI=1S/C16H11N5O2/c17-8-10-3-1-2-4-12(10)21-16(23)15(22)20-11-5-6-13-14(7-11)19-9-18-13/h1-7,9H,(H,18,19)(H,20,22)(H,21,23). The Labute approximate surface area is 131 Å². The van der Waals surface area contributed by atoms with Crippen molar-refractivity contribution in [3.05, 3.63) is 54.4 Å². The van der Waals surface area contributed by atoms with Crippen LogP contribution in [0.15, 0.2) is 48.8 Å². The van der Waals surface area contributed by atoms with Gasteiger partial charge in [-0.05, 0) is 30.3 Å². The average molecular weight is 305 g/mol. The Kier molecular flexibility index (Phi) is 3.72. The topological polar surface area (TPSA) is 111 Å². The fraction of sp³-hybridized carbons (Fsp3) is 0. The van der Waals surface area contributed by atoms with E-state index in [-0.39, 0.29) is 5.56 Å². The van der Waals surface area contributed by atoms with Gasteiger partial charge in [-0.15, -0.1) is 0 Å². The van der Waals surface area contributed by atoms with Crippen LogP contribution >= 0.6 is 0 Å². The third kappa shape index (κ3) is 3.01. The number of anilines is 2. The number of imidazole rings is 1. The second-order valence-electron chi connectivity index (χ2n) is 4.70. The SMILES string of the molecule is N#Cc1ccccc1NC(=O)C(=O)Nc1ccc2nc[nH]c2c1. The van der Waals surface area contributed by atoms with E-state index in [4.69, 9.17) is 5.26 Å². The minimum absolute atomic E-state index is 0.285. The molecule has 7 nitrogen and oxygen atoms in total. The zero-order valence-electron chi connectivity index (χ0n) is 11.8. The third-order valence-electron chi connectivity index (χ3n) is 3.18. The second-order valence-corrected chi connectivity index (χ2v) is 4.70. The number of nitriles is 1. The van der Waals surface area contributed by atoms with E-state index < -0.39 is 11.8 Å². The predicted octanol–water partition coefficient (Wildman–Crippen LogP) is 2.01. The largest absolute Gasteiger partial charge is 0.345 e. The maximum Gasteiger partial charge on any atom is 0.314 e. The van der Waals surface area contributed by atoms with Crippen molar-refractivity contribution in [2.45, 2.75) is 0 Å². The van der Waals surface area contributed by atoms with Crippen molar-refractivity contribution >= 4 is 34.2 Å². The van der Waals surface area contributed by atoms with Crippen LogP contribution in [0.1, 0.15) is 5.56 Å². The number of para-hydroxylation sites is 1. The summed E-state index contributed by atoms with van der Waals surface area (Å²) in [5.41, 5.74) is 2.55. The summed E-state index contributed by atoms with van der Waals surface area (Å²) in [5.74, 6) is -1.67. The molecular formula is C16H11N5O2. The van der Waals surface area contributed by atoms with Gasteiger partial charge >= 0.3 is 11.8 Å². The number of amides is 2. The van der Waals surface area contributed by atoms with Gasteiger partial charge < -0.3 is 15.6 Å². The van der Waals surface area contributed by atoms with E-state index in [0.717, 1.165) is 11.0 Å². The van der Waals surface area contributed by atoms with E-state index in [2.05, 4.69) is 20.6 Å². The molecule has 23 heavy (non-hydrogen) atoms. The van der Waals surface area contributed by atoms with Gasteiger partial charge in [-0.1, -0.05) is 12.1 Å². The molecule has 1 aromatic heterocycles. The van der Waals surface area contributed by atoms with Crippen molar-refractivity contribution in [2.75, 3.05) is 10.6 Å².